The van der Waals surface area contributed by atoms with Crippen LogP contribution in [0.5, 0.6) is 11.5 Å². The van der Waals surface area contributed by atoms with Gasteiger partial charge in [-0.1, -0.05) is 37.3 Å². The van der Waals surface area contributed by atoms with Crippen LogP contribution >= 0.6 is 23.5 Å². The summed E-state index contributed by atoms with van der Waals surface area (Å²) in [5, 5.41) is 7.62. The molecule has 1 aliphatic heterocycles. The number of nitrogens with zero attached hydrogens (tertiary/aromatic N) is 1. The minimum Gasteiger partial charge on any atom is -0.497 e. The van der Waals surface area contributed by atoms with Gasteiger partial charge in [0.05, 0.1) is 13.7 Å². The molecule has 0 unspecified atom stereocenters. The number of halogens is 1. The highest BCUT2D eigenvalue weighted by molar-refractivity contribution is 7.97. The lowest BCUT2D eigenvalue weighted by Crippen LogP contribution is -2.22. The molecule has 0 spiro atoms. The topological polar surface area (TPSA) is 59.0 Å². The largest absolute Gasteiger partial charge is 0.497 e. The van der Waals surface area contributed by atoms with Crippen molar-refractivity contribution in [2.24, 2.45) is 5.92 Å². The molecule has 0 amide bonds. The molecule has 5 nitrogen and oxygen atoms in total. The first-order valence-electron chi connectivity index (χ1n) is 11.7. The van der Waals surface area contributed by atoms with Gasteiger partial charge in [0, 0.05) is 23.0 Å². The third-order valence-corrected chi connectivity index (χ3v) is 6.99. The Hall–Kier alpha value is -1.89. The number of benzene rings is 2. The number of carboxylic acid groups (broad SMARTS) is 1. The molecule has 1 saturated heterocycles. The second kappa shape index (κ2) is 16.7. The Morgan fingerprint density at radius 3 is 2.06 bits per heavy atom. The Bertz CT molecular complexity index is 761. The second-order valence-electron chi connectivity index (χ2n) is 8.13. The van der Waals surface area contributed by atoms with E-state index in [1.165, 1.54) is 69.4 Å². The van der Waals surface area contributed by atoms with E-state index in [-0.39, 0.29) is 6.47 Å². The Labute approximate surface area is 207 Å². The van der Waals surface area contributed by atoms with Crippen LogP contribution in [0.3, 0.4) is 0 Å². The van der Waals surface area contributed by atoms with Gasteiger partial charge in [0.2, 0.25) is 0 Å². The number of methoxy groups -OCH3 is 1. The fourth-order valence-corrected chi connectivity index (χ4v) is 4.96. The molecule has 4 rings (SSSR count). The zero-order valence-corrected chi connectivity index (χ0v) is 21.0. The van der Waals surface area contributed by atoms with Gasteiger partial charge < -0.3 is 14.6 Å². The molecular weight excluding hydrogens is 458 g/mol. The number of carbonyl (C=O) groups is 1. The summed E-state index contributed by atoms with van der Waals surface area (Å²) in [7, 11) is 1.63. The number of hydrogen-bond donors (Lipinski definition) is 1. The van der Waals surface area contributed by atoms with E-state index in [1.807, 2.05) is 24.1 Å². The maximum Gasteiger partial charge on any atom is 0.290 e. The van der Waals surface area contributed by atoms with Gasteiger partial charge in [-0.15, -0.1) is 0 Å². The van der Waals surface area contributed by atoms with Crippen molar-refractivity contribution in [3.63, 3.8) is 0 Å². The highest BCUT2D eigenvalue weighted by atomic mass is 35.5. The lowest BCUT2D eigenvalue weighted by molar-refractivity contribution is -0.122. The van der Waals surface area contributed by atoms with Gasteiger partial charge in [-0.25, -0.2) is 4.31 Å². The molecule has 7 heteroatoms. The van der Waals surface area contributed by atoms with E-state index in [1.54, 1.807) is 19.2 Å². The summed E-state index contributed by atoms with van der Waals surface area (Å²) in [6.07, 6.45) is 11.0. The van der Waals surface area contributed by atoms with Crippen LogP contribution in [0.4, 0.5) is 0 Å². The van der Waals surface area contributed by atoms with Crippen LogP contribution in [0.25, 0.3) is 0 Å². The van der Waals surface area contributed by atoms with E-state index in [9.17, 15) is 0 Å². The smallest absolute Gasteiger partial charge is 0.290 e. The number of ether oxygens (including phenoxy) is 2. The molecule has 1 aliphatic carbocycles. The first kappa shape index (κ1) is 27.4. The van der Waals surface area contributed by atoms with Gasteiger partial charge in [0.25, 0.3) is 6.47 Å². The highest BCUT2D eigenvalue weighted by Gasteiger charge is 2.14. The van der Waals surface area contributed by atoms with Crippen LogP contribution in [-0.4, -0.2) is 42.7 Å². The molecule has 1 heterocycles. The molecule has 0 radical (unpaired) electrons. The summed E-state index contributed by atoms with van der Waals surface area (Å²) in [5.41, 5.74) is 0. The lowest BCUT2D eigenvalue weighted by Gasteiger charge is -2.25. The van der Waals surface area contributed by atoms with E-state index in [4.69, 9.17) is 31.0 Å². The van der Waals surface area contributed by atoms with Crippen LogP contribution in [0.2, 0.25) is 5.02 Å². The van der Waals surface area contributed by atoms with Crippen molar-refractivity contribution >= 4 is 30.0 Å². The van der Waals surface area contributed by atoms with Gasteiger partial charge in [-0.05, 0) is 92.1 Å². The van der Waals surface area contributed by atoms with Crippen molar-refractivity contribution in [3.8, 4) is 11.5 Å². The minimum atomic E-state index is -0.250. The fraction of sp³-hybridized carbons (Fsp3) is 0.500. The maximum atomic E-state index is 8.36. The fourth-order valence-electron chi connectivity index (χ4n) is 3.84. The maximum absolute atomic E-state index is 8.36. The lowest BCUT2D eigenvalue weighted by atomic mass is 9.90. The second-order valence-corrected chi connectivity index (χ2v) is 9.74. The molecule has 0 aromatic heterocycles. The first-order chi connectivity index (χ1) is 16.1. The normalized spacial score (nSPS) is 16.4. The molecule has 2 fully saturated rings. The number of piperidine rings is 1. The Morgan fingerprint density at radius 2 is 1.48 bits per heavy atom. The molecule has 0 atom stereocenters. The van der Waals surface area contributed by atoms with Crippen molar-refractivity contribution in [3.05, 3.63) is 53.6 Å². The van der Waals surface area contributed by atoms with Crippen LogP contribution in [0.15, 0.2) is 53.4 Å². The van der Waals surface area contributed by atoms with Crippen molar-refractivity contribution in [2.75, 3.05) is 26.8 Å². The molecule has 182 valence electrons. The van der Waals surface area contributed by atoms with E-state index in [0.29, 0.717) is 0 Å². The van der Waals surface area contributed by atoms with Crippen molar-refractivity contribution < 1.29 is 19.4 Å². The van der Waals surface area contributed by atoms with Gasteiger partial charge in [-0.2, -0.15) is 0 Å². The first-order valence-corrected chi connectivity index (χ1v) is 12.8. The standard InChI is InChI=1S/C18H27NOS.C7H7ClO.CH2O2/c1-3-7-16(8-4-1)15-20-17-9-11-18(12-10-17)21-19-13-5-2-6-14-19;1-9-7-4-2-6(8)3-5-7;2-1-3/h9-12,16H,1-8,13-15H2;2-5H,1H3;1H,(H,2,3). The van der Waals surface area contributed by atoms with Gasteiger partial charge in [0.1, 0.15) is 11.5 Å². The molecule has 2 aromatic carbocycles. The van der Waals surface area contributed by atoms with Gasteiger partial charge in [-0.3, -0.25) is 4.79 Å². The van der Waals surface area contributed by atoms with Crippen LogP contribution in [0, 0.1) is 5.92 Å². The predicted molar refractivity (Wildman–Crippen MR) is 136 cm³/mol. The summed E-state index contributed by atoms with van der Waals surface area (Å²) in [6, 6.07) is 15.9. The zero-order chi connectivity index (χ0) is 23.7. The van der Waals surface area contributed by atoms with E-state index >= 15 is 0 Å². The zero-order valence-electron chi connectivity index (χ0n) is 19.5. The monoisotopic (exact) mass is 493 g/mol. The van der Waals surface area contributed by atoms with Crippen molar-refractivity contribution in [1.82, 2.24) is 4.31 Å². The van der Waals surface area contributed by atoms with E-state index in [2.05, 4.69) is 28.6 Å². The third kappa shape index (κ3) is 11.7. The molecule has 0 bridgehead atoms. The summed E-state index contributed by atoms with van der Waals surface area (Å²) >= 11 is 7.51. The van der Waals surface area contributed by atoms with Crippen LogP contribution in [0.1, 0.15) is 51.4 Å². The van der Waals surface area contributed by atoms with Crippen molar-refractivity contribution in [2.45, 2.75) is 56.3 Å². The summed E-state index contributed by atoms with van der Waals surface area (Å²) < 4.78 is 13.4. The highest BCUT2D eigenvalue weighted by Crippen LogP contribution is 2.28. The molecule has 2 aliphatic rings. The minimum absolute atomic E-state index is 0.250. The predicted octanol–water partition coefficient (Wildman–Crippen LogP) is 7.19. The number of rotatable bonds is 6. The number of hydrogen-bond acceptors (Lipinski definition) is 5. The molecule has 2 aromatic rings. The summed E-state index contributed by atoms with van der Waals surface area (Å²) in [6.45, 7) is 3.10. The molecular formula is C26H36ClNO4S. The SMILES string of the molecule is COc1ccc(Cl)cc1.O=CO.c1cc(SN2CCCCC2)ccc1OCC1CCCCC1. The average Bonchev–Trinajstić information content (AvgIpc) is 2.86. The molecule has 1 N–H and O–H groups in total. The quantitative estimate of drug-likeness (QED) is 0.339. The Morgan fingerprint density at radius 1 is 0.939 bits per heavy atom. The summed E-state index contributed by atoms with van der Waals surface area (Å²) in [5.74, 6) is 2.64. The van der Waals surface area contributed by atoms with Crippen molar-refractivity contribution in [1.29, 1.82) is 0 Å². The van der Waals surface area contributed by atoms with Gasteiger partial charge >= 0.3 is 0 Å². The Balaban J connectivity index is 0.000000267. The third-order valence-electron chi connectivity index (χ3n) is 5.63. The summed E-state index contributed by atoms with van der Waals surface area (Å²) in [4.78, 5) is 9.70. The molecule has 33 heavy (non-hydrogen) atoms. The Kier molecular flexibility index (Phi) is 13.8. The van der Waals surface area contributed by atoms with Crippen LogP contribution in [-0.2, 0) is 4.79 Å². The van der Waals surface area contributed by atoms with Crippen LogP contribution < -0.4 is 9.47 Å². The van der Waals surface area contributed by atoms with Gasteiger partial charge in [0.15, 0.2) is 0 Å². The average molecular weight is 494 g/mol. The van der Waals surface area contributed by atoms with E-state index < -0.39 is 0 Å². The van der Waals surface area contributed by atoms with E-state index in [0.717, 1.165) is 29.0 Å². The molecule has 1 saturated carbocycles.